The summed E-state index contributed by atoms with van der Waals surface area (Å²) < 4.78 is 5.31. The van der Waals surface area contributed by atoms with Gasteiger partial charge in [-0.05, 0) is 31.2 Å². The second-order valence-corrected chi connectivity index (χ2v) is 4.84. The minimum absolute atomic E-state index is 0.0232. The number of hydrogen-bond donors (Lipinski definition) is 0. The van der Waals surface area contributed by atoms with E-state index >= 15 is 0 Å². The number of aldehydes is 1. The first-order chi connectivity index (χ1) is 8.79. The third-order valence-corrected chi connectivity index (χ3v) is 3.52. The summed E-state index contributed by atoms with van der Waals surface area (Å²) in [7, 11) is 0. The van der Waals surface area contributed by atoms with Gasteiger partial charge in [0.1, 0.15) is 12.9 Å². The van der Waals surface area contributed by atoms with Crippen LogP contribution >= 0.6 is 0 Å². The van der Waals surface area contributed by atoms with Crippen LogP contribution in [-0.4, -0.2) is 12.3 Å². The predicted molar refractivity (Wildman–Crippen MR) is 67.8 cm³/mol. The monoisotopic (exact) mass is 246 g/mol. The summed E-state index contributed by atoms with van der Waals surface area (Å²) in [5.74, 6) is -0.00344. The van der Waals surface area contributed by atoms with Gasteiger partial charge in [0.2, 0.25) is 0 Å². The average Bonchev–Trinajstić information content (AvgIpc) is 2.46. The zero-order valence-electron chi connectivity index (χ0n) is 10.4. The highest BCUT2D eigenvalue weighted by atomic mass is 16.5. The number of carbonyl (C=O) groups is 2. The van der Waals surface area contributed by atoms with Gasteiger partial charge >= 0.3 is 5.97 Å². The molecule has 0 radical (unpaired) electrons. The molecule has 0 heterocycles. The van der Waals surface area contributed by atoms with Gasteiger partial charge in [0.05, 0.1) is 5.92 Å². The molecule has 18 heavy (non-hydrogen) atoms. The second kappa shape index (κ2) is 6.34. The standard InChI is InChI=1S/C15H18O3/c16-10-12-6-8-14(9-7-12)15(17)18-11-13-4-2-1-3-5-13/h1-5,10,12,14H,6-9,11H2/t12-,14-. The molecule has 3 heteroatoms. The van der Waals surface area contributed by atoms with Crippen molar-refractivity contribution in [2.75, 3.05) is 0 Å². The van der Waals surface area contributed by atoms with E-state index in [1.165, 1.54) is 0 Å². The summed E-state index contributed by atoms with van der Waals surface area (Å²) in [6.45, 7) is 0.341. The molecule has 1 aromatic carbocycles. The van der Waals surface area contributed by atoms with E-state index in [2.05, 4.69) is 0 Å². The molecule has 0 aromatic heterocycles. The van der Waals surface area contributed by atoms with E-state index in [0.717, 1.165) is 37.5 Å². The fourth-order valence-corrected chi connectivity index (χ4v) is 2.34. The van der Waals surface area contributed by atoms with Crippen molar-refractivity contribution >= 4 is 12.3 Å². The number of hydrogen-bond acceptors (Lipinski definition) is 3. The third kappa shape index (κ3) is 3.42. The Morgan fingerprint density at radius 3 is 2.44 bits per heavy atom. The molecular formula is C15H18O3. The number of benzene rings is 1. The molecule has 96 valence electrons. The first-order valence-electron chi connectivity index (χ1n) is 6.45. The molecule has 0 aliphatic heterocycles. The first kappa shape index (κ1) is 12.8. The Kier molecular flexibility index (Phi) is 4.51. The minimum atomic E-state index is -0.122. The Balaban J connectivity index is 1.77. The average molecular weight is 246 g/mol. The van der Waals surface area contributed by atoms with Crippen LogP contribution in [-0.2, 0) is 20.9 Å². The van der Waals surface area contributed by atoms with E-state index in [0.29, 0.717) is 6.61 Å². The SMILES string of the molecule is O=C[C@H]1CC[C@H](C(=O)OCc2ccccc2)CC1. The highest BCUT2D eigenvalue weighted by Gasteiger charge is 2.26. The summed E-state index contributed by atoms with van der Waals surface area (Å²) in [6, 6.07) is 9.68. The van der Waals surface area contributed by atoms with Gasteiger partial charge in [-0.25, -0.2) is 0 Å². The van der Waals surface area contributed by atoms with Crippen LogP contribution in [0.2, 0.25) is 0 Å². The molecule has 1 aliphatic carbocycles. The van der Waals surface area contributed by atoms with Crippen molar-refractivity contribution in [1.82, 2.24) is 0 Å². The molecule has 0 spiro atoms. The van der Waals surface area contributed by atoms with E-state index in [-0.39, 0.29) is 17.8 Å². The lowest BCUT2D eigenvalue weighted by molar-refractivity contribution is -0.151. The third-order valence-electron chi connectivity index (χ3n) is 3.52. The maximum absolute atomic E-state index is 11.9. The first-order valence-corrected chi connectivity index (χ1v) is 6.45. The molecule has 0 unspecified atom stereocenters. The molecule has 0 amide bonds. The van der Waals surface area contributed by atoms with Crippen LogP contribution in [0.25, 0.3) is 0 Å². The smallest absolute Gasteiger partial charge is 0.309 e. The van der Waals surface area contributed by atoms with Crippen molar-refractivity contribution in [2.24, 2.45) is 11.8 Å². The summed E-state index contributed by atoms with van der Waals surface area (Å²) in [5, 5.41) is 0. The van der Waals surface area contributed by atoms with Crippen molar-refractivity contribution in [2.45, 2.75) is 32.3 Å². The summed E-state index contributed by atoms with van der Waals surface area (Å²) in [6.07, 6.45) is 4.18. The molecule has 3 nitrogen and oxygen atoms in total. The molecule has 1 saturated carbocycles. The van der Waals surface area contributed by atoms with Gasteiger partial charge in [-0.15, -0.1) is 0 Å². The van der Waals surface area contributed by atoms with Gasteiger partial charge in [-0.2, -0.15) is 0 Å². The topological polar surface area (TPSA) is 43.4 Å². The highest BCUT2D eigenvalue weighted by Crippen LogP contribution is 2.28. The Hall–Kier alpha value is -1.64. The van der Waals surface area contributed by atoms with E-state index < -0.39 is 0 Å². The Labute approximate surface area is 107 Å². The lowest BCUT2D eigenvalue weighted by atomic mass is 9.83. The normalized spacial score (nSPS) is 23.3. The maximum atomic E-state index is 11.9. The molecule has 0 N–H and O–H groups in total. The summed E-state index contributed by atoms with van der Waals surface area (Å²) in [5.41, 5.74) is 1.01. The second-order valence-electron chi connectivity index (χ2n) is 4.84. The van der Waals surface area contributed by atoms with Crippen LogP contribution in [0.5, 0.6) is 0 Å². The van der Waals surface area contributed by atoms with Gasteiger partial charge in [0, 0.05) is 5.92 Å². The zero-order chi connectivity index (χ0) is 12.8. The zero-order valence-corrected chi connectivity index (χ0v) is 10.4. The quantitative estimate of drug-likeness (QED) is 0.606. The highest BCUT2D eigenvalue weighted by molar-refractivity contribution is 5.72. The maximum Gasteiger partial charge on any atom is 0.309 e. The number of carbonyl (C=O) groups excluding carboxylic acids is 2. The van der Waals surface area contributed by atoms with E-state index in [1.54, 1.807) is 0 Å². The largest absolute Gasteiger partial charge is 0.461 e. The fourth-order valence-electron chi connectivity index (χ4n) is 2.34. The van der Waals surface area contributed by atoms with Crippen molar-refractivity contribution in [3.63, 3.8) is 0 Å². The molecule has 2 rings (SSSR count). The predicted octanol–water partition coefficient (Wildman–Crippen LogP) is 2.74. The Morgan fingerprint density at radius 1 is 1.17 bits per heavy atom. The molecule has 0 bridgehead atoms. The molecule has 1 aromatic rings. The molecular weight excluding hydrogens is 228 g/mol. The van der Waals surface area contributed by atoms with Crippen molar-refractivity contribution in [1.29, 1.82) is 0 Å². The molecule has 1 aliphatic rings. The van der Waals surface area contributed by atoms with Gasteiger partial charge in [-0.1, -0.05) is 30.3 Å². The Morgan fingerprint density at radius 2 is 1.83 bits per heavy atom. The van der Waals surface area contributed by atoms with E-state index in [4.69, 9.17) is 4.74 Å². The summed E-state index contributed by atoms with van der Waals surface area (Å²) >= 11 is 0. The van der Waals surface area contributed by atoms with Crippen LogP contribution in [0.1, 0.15) is 31.2 Å². The lowest BCUT2D eigenvalue weighted by Crippen LogP contribution is -2.24. The molecule has 1 fully saturated rings. The fraction of sp³-hybridized carbons (Fsp3) is 0.467. The van der Waals surface area contributed by atoms with Gasteiger partial charge < -0.3 is 9.53 Å². The number of rotatable bonds is 4. The van der Waals surface area contributed by atoms with Gasteiger partial charge in [0.25, 0.3) is 0 Å². The summed E-state index contributed by atoms with van der Waals surface area (Å²) in [4.78, 5) is 22.5. The molecule has 0 saturated heterocycles. The molecule has 0 atom stereocenters. The van der Waals surface area contributed by atoms with Crippen LogP contribution in [0.15, 0.2) is 30.3 Å². The van der Waals surface area contributed by atoms with E-state index in [9.17, 15) is 9.59 Å². The Bertz CT molecular complexity index is 391. The van der Waals surface area contributed by atoms with Crippen LogP contribution in [0.3, 0.4) is 0 Å². The van der Waals surface area contributed by atoms with Crippen molar-refractivity contribution in [3.8, 4) is 0 Å². The minimum Gasteiger partial charge on any atom is -0.461 e. The number of ether oxygens (including phenoxy) is 1. The van der Waals surface area contributed by atoms with Crippen molar-refractivity contribution < 1.29 is 14.3 Å². The van der Waals surface area contributed by atoms with E-state index in [1.807, 2.05) is 30.3 Å². The van der Waals surface area contributed by atoms with Gasteiger partial charge in [-0.3, -0.25) is 4.79 Å². The lowest BCUT2D eigenvalue weighted by Gasteiger charge is -2.23. The van der Waals surface area contributed by atoms with Crippen LogP contribution in [0, 0.1) is 11.8 Å². The number of esters is 1. The van der Waals surface area contributed by atoms with Gasteiger partial charge in [0.15, 0.2) is 0 Å². The van der Waals surface area contributed by atoms with Crippen LogP contribution in [0.4, 0.5) is 0 Å². The van der Waals surface area contributed by atoms with Crippen LogP contribution < -0.4 is 0 Å². The van der Waals surface area contributed by atoms with Crippen molar-refractivity contribution in [3.05, 3.63) is 35.9 Å².